The Hall–Kier alpha value is -1.63. The molecule has 2 aromatic rings. The summed E-state index contributed by atoms with van der Waals surface area (Å²) >= 11 is 16.9. The van der Waals surface area contributed by atoms with Gasteiger partial charge in [0.15, 0.2) is 17.3 Å². The summed E-state index contributed by atoms with van der Waals surface area (Å²) in [5.41, 5.74) is 3.39. The van der Waals surface area contributed by atoms with Crippen LogP contribution in [0.1, 0.15) is 10.5 Å². The molecule has 2 rings (SSSR count). The van der Waals surface area contributed by atoms with E-state index in [1.54, 1.807) is 0 Å². The fraction of sp³-hybridized carbons (Fsp3) is 0. The first-order valence-corrected chi connectivity index (χ1v) is 6.40. The molecule has 1 aromatic heterocycles. The van der Waals surface area contributed by atoms with Crippen molar-refractivity contribution < 1.29 is 18.7 Å². The van der Waals surface area contributed by atoms with Crippen LogP contribution < -0.4 is 5.73 Å². The molecule has 1 heterocycles. The van der Waals surface area contributed by atoms with Crippen LogP contribution in [0.3, 0.4) is 0 Å². The molecule has 0 amide bonds. The molecule has 0 radical (unpaired) electrons. The van der Waals surface area contributed by atoms with E-state index < -0.39 is 44.7 Å². The lowest BCUT2D eigenvalue weighted by atomic mass is 10.1. The van der Waals surface area contributed by atoms with Gasteiger partial charge in [-0.3, -0.25) is 0 Å². The van der Waals surface area contributed by atoms with E-state index >= 15 is 0 Å². The highest BCUT2D eigenvalue weighted by Crippen LogP contribution is 2.37. The molecular weight excluding hydrogens is 348 g/mol. The van der Waals surface area contributed by atoms with E-state index in [-0.39, 0.29) is 10.6 Å². The van der Waals surface area contributed by atoms with Gasteiger partial charge in [-0.15, -0.1) is 0 Å². The minimum Gasteiger partial charge on any atom is -0.476 e. The fourth-order valence-electron chi connectivity index (χ4n) is 1.59. The number of aromatic carboxylic acids is 1. The third-order valence-corrected chi connectivity index (χ3v) is 3.65. The van der Waals surface area contributed by atoms with Gasteiger partial charge in [-0.05, 0) is 12.1 Å². The molecule has 0 saturated heterocycles. The van der Waals surface area contributed by atoms with Crippen molar-refractivity contribution in [2.24, 2.45) is 0 Å². The summed E-state index contributed by atoms with van der Waals surface area (Å²) in [6.07, 6.45) is 0. The second kappa shape index (κ2) is 5.63. The predicted octanol–water partition coefficient (Wildman–Crippen LogP) is 4.27. The van der Waals surface area contributed by atoms with Gasteiger partial charge in [0.05, 0.1) is 20.8 Å². The van der Waals surface area contributed by atoms with E-state index in [0.717, 1.165) is 6.07 Å². The Kier molecular flexibility index (Phi) is 4.22. The van der Waals surface area contributed by atoms with E-state index in [9.17, 15) is 13.6 Å². The zero-order valence-electron chi connectivity index (χ0n) is 9.92. The van der Waals surface area contributed by atoms with Gasteiger partial charge in [0.1, 0.15) is 5.69 Å². The average Bonchev–Trinajstić information content (AvgIpc) is 2.43. The number of nitrogens with two attached hydrogens (primary N) is 1. The first-order chi connectivity index (χ1) is 9.75. The molecule has 0 aliphatic carbocycles. The zero-order valence-corrected chi connectivity index (χ0v) is 12.2. The SMILES string of the molecule is Nc1c(F)c(-c2ccc(Cl)c(F)c2Cl)nc(C(=O)O)c1Cl. The lowest BCUT2D eigenvalue weighted by Crippen LogP contribution is -2.08. The Balaban J connectivity index is 2.82. The first-order valence-electron chi connectivity index (χ1n) is 5.27. The van der Waals surface area contributed by atoms with Gasteiger partial charge in [-0.2, -0.15) is 0 Å². The van der Waals surface area contributed by atoms with Gasteiger partial charge < -0.3 is 10.8 Å². The number of nitrogen functional groups attached to an aromatic ring is 1. The predicted molar refractivity (Wildman–Crippen MR) is 76.0 cm³/mol. The summed E-state index contributed by atoms with van der Waals surface area (Å²) in [5.74, 6) is -3.60. The number of halogens is 5. The minimum absolute atomic E-state index is 0.193. The summed E-state index contributed by atoms with van der Waals surface area (Å²) in [6.45, 7) is 0. The largest absolute Gasteiger partial charge is 0.476 e. The number of anilines is 1. The summed E-state index contributed by atoms with van der Waals surface area (Å²) in [6, 6.07) is 2.32. The molecule has 0 fully saturated rings. The zero-order chi connectivity index (χ0) is 15.9. The molecular formula is C12H5Cl3F2N2O2. The van der Waals surface area contributed by atoms with Crippen molar-refractivity contribution in [3.05, 3.63) is 44.5 Å². The smallest absolute Gasteiger partial charge is 0.356 e. The van der Waals surface area contributed by atoms with E-state index in [1.165, 1.54) is 6.07 Å². The molecule has 0 aliphatic rings. The number of rotatable bonds is 2. The van der Waals surface area contributed by atoms with Crippen molar-refractivity contribution in [2.75, 3.05) is 5.73 Å². The number of carbonyl (C=O) groups is 1. The lowest BCUT2D eigenvalue weighted by molar-refractivity contribution is 0.0691. The Labute approximate surface area is 132 Å². The summed E-state index contributed by atoms with van der Waals surface area (Å²) in [7, 11) is 0. The van der Waals surface area contributed by atoms with Crippen molar-refractivity contribution >= 4 is 46.5 Å². The topological polar surface area (TPSA) is 76.2 Å². The van der Waals surface area contributed by atoms with Crippen LogP contribution in [0.4, 0.5) is 14.5 Å². The molecule has 4 nitrogen and oxygen atoms in total. The van der Waals surface area contributed by atoms with Crippen LogP contribution in [0.25, 0.3) is 11.3 Å². The van der Waals surface area contributed by atoms with Crippen LogP contribution in [-0.4, -0.2) is 16.1 Å². The van der Waals surface area contributed by atoms with E-state index in [0.29, 0.717) is 0 Å². The molecule has 9 heteroatoms. The number of aromatic nitrogens is 1. The Morgan fingerprint density at radius 3 is 2.33 bits per heavy atom. The molecule has 0 atom stereocenters. The van der Waals surface area contributed by atoms with Gasteiger partial charge in [0, 0.05) is 5.56 Å². The Morgan fingerprint density at radius 2 is 1.76 bits per heavy atom. The summed E-state index contributed by atoms with van der Waals surface area (Å²) in [4.78, 5) is 14.6. The van der Waals surface area contributed by atoms with Crippen LogP contribution in [0.2, 0.25) is 15.1 Å². The monoisotopic (exact) mass is 352 g/mol. The van der Waals surface area contributed by atoms with Crippen molar-refractivity contribution in [3.8, 4) is 11.3 Å². The molecule has 3 N–H and O–H groups in total. The molecule has 0 saturated carbocycles. The minimum atomic E-state index is -1.52. The second-order valence-electron chi connectivity index (χ2n) is 3.88. The highest BCUT2D eigenvalue weighted by Gasteiger charge is 2.24. The molecule has 0 unspecified atom stereocenters. The Bertz CT molecular complexity index is 769. The van der Waals surface area contributed by atoms with Gasteiger partial charge in [-0.1, -0.05) is 34.8 Å². The number of carboxylic acids is 1. The highest BCUT2D eigenvalue weighted by atomic mass is 35.5. The molecule has 0 spiro atoms. The van der Waals surface area contributed by atoms with E-state index in [1.807, 2.05) is 0 Å². The van der Waals surface area contributed by atoms with Crippen molar-refractivity contribution in [1.29, 1.82) is 0 Å². The number of hydrogen-bond donors (Lipinski definition) is 2. The molecule has 21 heavy (non-hydrogen) atoms. The third-order valence-electron chi connectivity index (χ3n) is 2.61. The molecule has 1 aromatic carbocycles. The van der Waals surface area contributed by atoms with Crippen molar-refractivity contribution in [3.63, 3.8) is 0 Å². The number of carboxylic acid groups (broad SMARTS) is 1. The first kappa shape index (κ1) is 15.8. The van der Waals surface area contributed by atoms with Crippen LogP contribution >= 0.6 is 34.8 Å². The van der Waals surface area contributed by atoms with Gasteiger partial charge >= 0.3 is 5.97 Å². The third kappa shape index (κ3) is 2.62. The van der Waals surface area contributed by atoms with E-state index in [2.05, 4.69) is 4.98 Å². The summed E-state index contributed by atoms with van der Waals surface area (Å²) in [5, 5.41) is 7.64. The molecule has 110 valence electrons. The molecule has 0 bridgehead atoms. The maximum atomic E-state index is 14.1. The number of pyridine rings is 1. The van der Waals surface area contributed by atoms with Gasteiger partial charge in [-0.25, -0.2) is 18.6 Å². The average molecular weight is 354 g/mol. The second-order valence-corrected chi connectivity index (χ2v) is 5.04. The van der Waals surface area contributed by atoms with Crippen LogP contribution in [0, 0.1) is 11.6 Å². The van der Waals surface area contributed by atoms with Crippen molar-refractivity contribution in [2.45, 2.75) is 0 Å². The van der Waals surface area contributed by atoms with Gasteiger partial charge in [0.25, 0.3) is 0 Å². The van der Waals surface area contributed by atoms with Crippen LogP contribution in [0.15, 0.2) is 12.1 Å². The highest BCUT2D eigenvalue weighted by molar-refractivity contribution is 6.37. The maximum absolute atomic E-state index is 14.1. The van der Waals surface area contributed by atoms with E-state index in [4.69, 9.17) is 45.6 Å². The van der Waals surface area contributed by atoms with Crippen molar-refractivity contribution in [1.82, 2.24) is 4.98 Å². The van der Waals surface area contributed by atoms with Crippen LogP contribution in [0.5, 0.6) is 0 Å². The van der Waals surface area contributed by atoms with Crippen LogP contribution in [-0.2, 0) is 0 Å². The fourth-order valence-corrected chi connectivity index (χ4v) is 2.26. The summed E-state index contributed by atoms with van der Waals surface area (Å²) < 4.78 is 27.8. The normalized spacial score (nSPS) is 10.7. The number of benzene rings is 1. The maximum Gasteiger partial charge on any atom is 0.356 e. The van der Waals surface area contributed by atoms with Gasteiger partial charge in [0.2, 0.25) is 0 Å². The molecule has 0 aliphatic heterocycles. The standard InChI is InChI=1S/C12H5Cl3F2N2O2/c13-4-2-1-3(5(14)7(4)16)10-8(17)9(18)6(15)11(19-10)12(20)21/h1-2H,(H2,18,19)(H,20,21). The lowest BCUT2D eigenvalue weighted by Gasteiger charge is -2.11. The number of hydrogen-bond acceptors (Lipinski definition) is 3. The quantitative estimate of drug-likeness (QED) is 0.791. The Morgan fingerprint density at radius 1 is 1.14 bits per heavy atom. The number of nitrogens with zero attached hydrogens (tertiary/aromatic N) is 1.